The molecule has 0 saturated carbocycles. The first-order valence-electron chi connectivity index (χ1n) is 8.43. The van der Waals surface area contributed by atoms with Gasteiger partial charge in [-0.1, -0.05) is 0 Å². The van der Waals surface area contributed by atoms with E-state index in [1.54, 1.807) is 12.1 Å². The van der Waals surface area contributed by atoms with Gasteiger partial charge < -0.3 is 26.8 Å². The monoisotopic (exact) mass is 322 g/mol. The van der Waals surface area contributed by atoms with Gasteiger partial charge in [0.1, 0.15) is 5.75 Å². The van der Waals surface area contributed by atoms with Crippen LogP contribution in [-0.4, -0.2) is 50.3 Å². The van der Waals surface area contributed by atoms with E-state index in [0.717, 1.165) is 58.4 Å². The van der Waals surface area contributed by atoms with Crippen LogP contribution in [-0.2, 0) is 0 Å². The highest BCUT2D eigenvalue weighted by atomic mass is 16.3. The number of rotatable bonds is 13. The molecule has 0 spiro atoms. The van der Waals surface area contributed by atoms with E-state index in [2.05, 4.69) is 16.0 Å². The van der Waals surface area contributed by atoms with E-state index in [4.69, 9.17) is 5.73 Å². The van der Waals surface area contributed by atoms with E-state index in [1.807, 2.05) is 0 Å². The molecule has 0 aliphatic heterocycles. The van der Waals surface area contributed by atoms with E-state index in [9.17, 15) is 9.90 Å². The Balaban J connectivity index is 1.89. The van der Waals surface area contributed by atoms with Crippen molar-refractivity contribution in [1.29, 1.82) is 0 Å². The fourth-order valence-corrected chi connectivity index (χ4v) is 2.11. The van der Waals surface area contributed by atoms with E-state index >= 15 is 0 Å². The van der Waals surface area contributed by atoms with Crippen LogP contribution in [0.2, 0.25) is 0 Å². The number of hydrogen-bond donors (Lipinski definition) is 5. The summed E-state index contributed by atoms with van der Waals surface area (Å²) < 4.78 is 0. The Bertz CT molecular complexity index is 423. The Kier molecular flexibility index (Phi) is 10.9. The molecule has 0 radical (unpaired) electrons. The highest BCUT2D eigenvalue weighted by Crippen LogP contribution is 2.09. The van der Waals surface area contributed by atoms with Crippen LogP contribution < -0.4 is 21.7 Å². The number of benzene rings is 1. The lowest BCUT2D eigenvalue weighted by Crippen LogP contribution is -2.27. The molecular weight excluding hydrogens is 292 g/mol. The van der Waals surface area contributed by atoms with E-state index in [-0.39, 0.29) is 11.7 Å². The summed E-state index contributed by atoms with van der Waals surface area (Å²) in [6.07, 6.45) is 4.25. The zero-order valence-corrected chi connectivity index (χ0v) is 13.8. The number of unbranched alkanes of at least 4 members (excludes halogenated alkanes) is 1. The third kappa shape index (κ3) is 9.89. The third-order valence-electron chi connectivity index (χ3n) is 3.46. The molecule has 1 aromatic rings. The van der Waals surface area contributed by atoms with Crippen molar-refractivity contribution in [3.63, 3.8) is 0 Å². The van der Waals surface area contributed by atoms with Crippen LogP contribution in [0.25, 0.3) is 0 Å². The van der Waals surface area contributed by atoms with Gasteiger partial charge >= 0.3 is 0 Å². The minimum atomic E-state index is -0.103. The molecule has 0 heterocycles. The fraction of sp³-hybridized carbons (Fsp3) is 0.588. The molecule has 0 aliphatic rings. The maximum absolute atomic E-state index is 11.8. The number of carbonyl (C=O) groups excluding carboxylic acids is 1. The highest BCUT2D eigenvalue weighted by Gasteiger charge is 2.03. The summed E-state index contributed by atoms with van der Waals surface area (Å²) in [5.74, 6) is 0.0638. The van der Waals surface area contributed by atoms with Gasteiger partial charge in [-0.3, -0.25) is 4.79 Å². The van der Waals surface area contributed by atoms with Crippen LogP contribution in [0.15, 0.2) is 24.3 Å². The summed E-state index contributed by atoms with van der Waals surface area (Å²) in [5, 5.41) is 18.8. The lowest BCUT2D eigenvalue weighted by molar-refractivity contribution is 0.0953. The maximum Gasteiger partial charge on any atom is 0.251 e. The second-order valence-corrected chi connectivity index (χ2v) is 5.51. The SMILES string of the molecule is NCCCNCCCCNCCCNC(=O)c1ccc(O)cc1. The van der Waals surface area contributed by atoms with Gasteiger partial charge in [0.15, 0.2) is 0 Å². The number of nitrogens with one attached hydrogen (secondary N) is 3. The molecule has 0 bridgehead atoms. The summed E-state index contributed by atoms with van der Waals surface area (Å²) in [6, 6.07) is 6.26. The average Bonchev–Trinajstić information content (AvgIpc) is 2.56. The molecule has 1 aromatic carbocycles. The summed E-state index contributed by atoms with van der Waals surface area (Å²) in [5.41, 5.74) is 5.99. The standard InChI is InChI=1S/C17H30N4O2/c18-9-3-12-19-10-1-2-11-20-13-4-14-21-17(23)15-5-7-16(22)8-6-15/h5-8,19-20,22H,1-4,9-14,18H2,(H,21,23). The number of hydrogen-bond acceptors (Lipinski definition) is 5. The normalized spacial score (nSPS) is 10.7. The fourth-order valence-electron chi connectivity index (χ4n) is 2.11. The number of phenolic OH excluding ortho intramolecular Hbond substituents is 1. The van der Waals surface area contributed by atoms with Crippen molar-refractivity contribution in [2.24, 2.45) is 5.73 Å². The van der Waals surface area contributed by atoms with Gasteiger partial charge in [-0.05, 0) is 82.7 Å². The molecule has 0 unspecified atom stereocenters. The van der Waals surface area contributed by atoms with Crippen molar-refractivity contribution in [1.82, 2.24) is 16.0 Å². The molecule has 0 aromatic heterocycles. The maximum atomic E-state index is 11.8. The molecule has 1 amide bonds. The minimum Gasteiger partial charge on any atom is -0.508 e. The van der Waals surface area contributed by atoms with Crippen LogP contribution in [0.3, 0.4) is 0 Å². The zero-order chi connectivity index (χ0) is 16.8. The number of carbonyl (C=O) groups is 1. The van der Waals surface area contributed by atoms with E-state index in [1.165, 1.54) is 12.1 Å². The van der Waals surface area contributed by atoms with E-state index in [0.29, 0.717) is 12.1 Å². The largest absolute Gasteiger partial charge is 0.508 e. The second-order valence-electron chi connectivity index (χ2n) is 5.51. The van der Waals surface area contributed by atoms with Gasteiger partial charge in [-0.2, -0.15) is 0 Å². The summed E-state index contributed by atoms with van der Waals surface area (Å²) in [6.45, 7) is 5.35. The molecular formula is C17H30N4O2. The predicted molar refractivity (Wildman–Crippen MR) is 93.7 cm³/mol. The smallest absolute Gasteiger partial charge is 0.251 e. The Hall–Kier alpha value is -1.63. The van der Waals surface area contributed by atoms with Crippen molar-refractivity contribution in [2.75, 3.05) is 39.3 Å². The molecule has 6 nitrogen and oxygen atoms in total. The zero-order valence-electron chi connectivity index (χ0n) is 13.8. The molecule has 6 N–H and O–H groups in total. The van der Waals surface area contributed by atoms with Crippen LogP contribution in [0.4, 0.5) is 0 Å². The Morgan fingerprint density at radius 2 is 1.43 bits per heavy atom. The predicted octanol–water partition coefficient (Wildman–Crippen LogP) is 0.820. The molecule has 0 saturated heterocycles. The quantitative estimate of drug-likeness (QED) is 0.346. The lowest BCUT2D eigenvalue weighted by atomic mass is 10.2. The second kappa shape index (κ2) is 12.9. The topological polar surface area (TPSA) is 99.4 Å². The summed E-state index contributed by atoms with van der Waals surface area (Å²) in [4.78, 5) is 11.8. The van der Waals surface area contributed by atoms with Crippen molar-refractivity contribution in [2.45, 2.75) is 25.7 Å². The van der Waals surface area contributed by atoms with Gasteiger partial charge in [0.2, 0.25) is 0 Å². The van der Waals surface area contributed by atoms with Crippen LogP contribution >= 0.6 is 0 Å². The molecule has 23 heavy (non-hydrogen) atoms. The van der Waals surface area contributed by atoms with Crippen molar-refractivity contribution >= 4 is 5.91 Å². The number of amides is 1. The molecule has 0 aliphatic carbocycles. The van der Waals surface area contributed by atoms with Gasteiger partial charge in [0, 0.05) is 12.1 Å². The first kappa shape index (κ1) is 19.4. The third-order valence-corrected chi connectivity index (χ3v) is 3.46. The van der Waals surface area contributed by atoms with Gasteiger partial charge in [-0.15, -0.1) is 0 Å². The Labute approximate surface area is 138 Å². The molecule has 0 atom stereocenters. The Morgan fingerprint density at radius 1 is 0.870 bits per heavy atom. The minimum absolute atomic E-state index is 0.103. The molecule has 1 rings (SSSR count). The first-order valence-corrected chi connectivity index (χ1v) is 8.43. The first-order chi connectivity index (χ1) is 11.2. The van der Waals surface area contributed by atoms with Crippen LogP contribution in [0.1, 0.15) is 36.0 Å². The average molecular weight is 322 g/mol. The van der Waals surface area contributed by atoms with Crippen molar-refractivity contribution in [3.8, 4) is 5.75 Å². The molecule has 6 heteroatoms. The summed E-state index contributed by atoms with van der Waals surface area (Å²) in [7, 11) is 0. The number of phenols is 1. The number of nitrogens with two attached hydrogens (primary N) is 1. The Morgan fingerprint density at radius 3 is 2.04 bits per heavy atom. The van der Waals surface area contributed by atoms with E-state index < -0.39 is 0 Å². The summed E-state index contributed by atoms with van der Waals surface area (Å²) >= 11 is 0. The van der Waals surface area contributed by atoms with Gasteiger partial charge in [0.25, 0.3) is 5.91 Å². The van der Waals surface area contributed by atoms with Gasteiger partial charge in [-0.25, -0.2) is 0 Å². The lowest BCUT2D eigenvalue weighted by Gasteiger charge is -2.07. The highest BCUT2D eigenvalue weighted by molar-refractivity contribution is 5.94. The molecule has 130 valence electrons. The van der Waals surface area contributed by atoms with Crippen molar-refractivity contribution in [3.05, 3.63) is 29.8 Å². The molecule has 0 fully saturated rings. The number of aromatic hydroxyl groups is 1. The van der Waals surface area contributed by atoms with Crippen molar-refractivity contribution < 1.29 is 9.90 Å². The van der Waals surface area contributed by atoms with Crippen LogP contribution in [0, 0.1) is 0 Å². The van der Waals surface area contributed by atoms with Gasteiger partial charge in [0.05, 0.1) is 0 Å². The van der Waals surface area contributed by atoms with Crippen LogP contribution in [0.5, 0.6) is 5.75 Å².